The molecule has 45 heavy (non-hydrogen) atoms. The standard InChI is InChI=1S/C36H34BrN3O4S/c1-6-43-27-17-13-25(14-18-27)33-32(35(42)44-21(2)3)22(4)38-36-40(33)34(41)31(45-36)19-29-23(5)39(30-10-8-7-9-28(29)30)20-24-11-15-26(37)16-12-24/h7-19,21,33H,6,20H2,1-5H3/b31-19+/t33-/m1/s1. The van der Waals surface area contributed by atoms with E-state index in [-0.39, 0.29) is 11.7 Å². The number of halogens is 1. The zero-order valence-electron chi connectivity index (χ0n) is 25.8. The Hall–Kier alpha value is -4.21. The van der Waals surface area contributed by atoms with E-state index >= 15 is 0 Å². The highest BCUT2D eigenvalue weighted by Gasteiger charge is 2.34. The first-order valence-electron chi connectivity index (χ1n) is 14.9. The fourth-order valence-corrected chi connectivity index (χ4v) is 7.13. The number of nitrogens with zero attached hydrogens (tertiary/aromatic N) is 3. The van der Waals surface area contributed by atoms with E-state index in [4.69, 9.17) is 14.5 Å². The van der Waals surface area contributed by atoms with Crippen LogP contribution in [0.3, 0.4) is 0 Å². The number of para-hydroxylation sites is 1. The van der Waals surface area contributed by atoms with Crippen molar-refractivity contribution in [2.45, 2.75) is 53.3 Å². The Bertz CT molecular complexity index is 2120. The first-order valence-corrected chi connectivity index (χ1v) is 16.6. The van der Waals surface area contributed by atoms with Gasteiger partial charge >= 0.3 is 5.97 Å². The topological polar surface area (TPSA) is 74.8 Å². The molecule has 2 aromatic heterocycles. The number of fused-ring (bicyclic) bond motifs is 2. The molecule has 0 aliphatic carbocycles. The van der Waals surface area contributed by atoms with Gasteiger partial charge in [0.2, 0.25) is 0 Å². The van der Waals surface area contributed by atoms with Gasteiger partial charge in [-0.3, -0.25) is 9.36 Å². The second kappa shape index (κ2) is 12.7. The monoisotopic (exact) mass is 683 g/mol. The quantitative estimate of drug-likeness (QED) is 0.172. The van der Waals surface area contributed by atoms with E-state index in [9.17, 15) is 9.59 Å². The number of rotatable bonds is 8. The van der Waals surface area contributed by atoms with E-state index in [1.165, 1.54) is 16.9 Å². The van der Waals surface area contributed by atoms with Crippen molar-refractivity contribution in [3.63, 3.8) is 0 Å². The van der Waals surface area contributed by atoms with Crippen LogP contribution in [0.25, 0.3) is 17.0 Å². The maximum atomic E-state index is 14.3. The van der Waals surface area contributed by atoms with Crippen LogP contribution in [-0.2, 0) is 16.1 Å². The molecule has 1 aliphatic rings. The minimum absolute atomic E-state index is 0.205. The maximum absolute atomic E-state index is 14.3. The molecule has 0 radical (unpaired) electrons. The summed E-state index contributed by atoms with van der Waals surface area (Å²) >= 11 is 4.86. The van der Waals surface area contributed by atoms with Crippen LogP contribution in [0.4, 0.5) is 0 Å². The third kappa shape index (κ3) is 5.94. The number of esters is 1. The summed E-state index contributed by atoms with van der Waals surface area (Å²) in [5, 5.41) is 1.07. The molecule has 0 bridgehead atoms. The molecule has 0 saturated heterocycles. The molecule has 0 amide bonds. The summed E-state index contributed by atoms with van der Waals surface area (Å²) < 4.78 is 16.8. The van der Waals surface area contributed by atoms with E-state index in [2.05, 4.69) is 51.7 Å². The van der Waals surface area contributed by atoms with Gasteiger partial charge in [0, 0.05) is 33.2 Å². The number of allylic oxidation sites excluding steroid dienone is 1. The molecule has 0 N–H and O–H groups in total. The van der Waals surface area contributed by atoms with Gasteiger partial charge < -0.3 is 14.0 Å². The number of aromatic nitrogens is 2. The van der Waals surface area contributed by atoms with Gasteiger partial charge in [0.1, 0.15) is 5.75 Å². The number of ether oxygens (including phenoxy) is 2. The predicted octanol–water partition coefficient (Wildman–Crippen LogP) is 6.66. The first-order chi connectivity index (χ1) is 21.7. The van der Waals surface area contributed by atoms with Crippen LogP contribution in [-0.4, -0.2) is 27.8 Å². The molecule has 1 atom stereocenters. The van der Waals surface area contributed by atoms with Gasteiger partial charge in [-0.05, 0) is 82.2 Å². The van der Waals surface area contributed by atoms with Gasteiger partial charge in [0.25, 0.3) is 5.56 Å². The van der Waals surface area contributed by atoms with E-state index in [0.717, 1.165) is 37.9 Å². The van der Waals surface area contributed by atoms with Gasteiger partial charge in [0.05, 0.1) is 34.6 Å². The molecule has 6 rings (SSSR count). The molecule has 0 fully saturated rings. The highest BCUT2D eigenvalue weighted by atomic mass is 79.9. The number of benzene rings is 3. The van der Waals surface area contributed by atoms with Crippen molar-refractivity contribution in [2.24, 2.45) is 4.99 Å². The second-order valence-electron chi connectivity index (χ2n) is 11.3. The Morgan fingerprint density at radius 1 is 1.04 bits per heavy atom. The van der Waals surface area contributed by atoms with Crippen LogP contribution in [0, 0.1) is 6.92 Å². The van der Waals surface area contributed by atoms with Gasteiger partial charge in [-0.25, -0.2) is 9.79 Å². The van der Waals surface area contributed by atoms with Crippen LogP contribution in [0.15, 0.2) is 98.3 Å². The fraction of sp³-hybridized carbons (Fsp3) is 0.250. The summed E-state index contributed by atoms with van der Waals surface area (Å²) in [6.45, 7) is 10.7. The van der Waals surface area contributed by atoms with Crippen molar-refractivity contribution in [1.82, 2.24) is 9.13 Å². The average Bonchev–Trinajstić information content (AvgIpc) is 3.46. The Labute approximate surface area is 273 Å². The largest absolute Gasteiger partial charge is 0.494 e. The first kappa shape index (κ1) is 30.8. The molecule has 5 aromatic rings. The van der Waals surface area contributed by atoms with E-state index in [1.807, 2.05) is 75.4 Å². The Balaban J connectivity index is 1.52. The normalized spacial score (nSPS) is 15.0. The fourth-order valence-electron chi connectivity index (χ4n) is 5.84. The molecule has 3 aromatic carbocycles. The van der Waals surface area contributed by atoms with Gasteiger partial charge in [0.15, 0.2) is 4.80 Å². The number of thiazole rings is 1. The zero-order chi connectivity index (χ0) is 31.8. The summed E-state index contributed by atoms with van der Waals surface area (Å²) in [5.74, 6) is 0.238. The van der Waals surface area contributed by atoms with Crippen LogP contribution in [0.5, 0.6) is 5.75 Å². The SMILES string of the molecule is CCOc1ccc([C@@H]2C(C(=O)OC(C)C)=C(C)N=c3s/c(=C/c4c(C)n(Cc5ccc(Br)cc5)c5ccccc45)c(=O)n32)cc1. The number of hydrogen-bond acceptors (Lipinski definition) is 6. The zero-order valence-corrected chi connectivity index (χ0v) is 28.2. The minimum atomic E-state index is -0.690. The second-order valence-corrected chi connectivity index (χ2v) is 13.2. The van der Waals surface area contributed by atoms with Gasteiger partial charge in [-0.15, -0.1) is 0 Å². The highest BCUT2D eigenvalue weighted by molar-refractivity contribution is 9.10. The summed E-state index contributed by atoms with van der Waals surface area (Å²) in [7, 11) is 0. The summed E-state index contributed by atoms with van der Waals surface area (Å²) in [4.78, 5) is 33.1. The molecule has 1 aliphatic heterocycles. The van der Waals surface area contributed by atoms with Crippen molar-refractivity contribution < 1.29 is 14.3 Å². The van der Waals surface area contributed by atoms with Crippen LogP contribution < -0.4 is 19.6 Å². The molecule has 230 valence electrons. The average molecular weight is 685 g/mol. The lowest BCUT2D eigenvalue weighted by atomic mass is 9.96. The number of hydrogen-bond donors (Lipinski definition) is 0. The number of carbonyl (C=O) groups excluding carboxylic acids is 1. The Morgan fingerprint density at radius 3 is 2.44 bits per heavy atom. The van der Waals surface area contributed by atoms with E-state index in [1.54, 1.807) is 11.5 Å². The van der Waals surface area contributed by atoms with Crippen LogP contribution in [0.2, 0.25) is 0 Å². The minimum Gasteiger partial charge on any atom is -0.494 e. The van der Waals surface area contributed by atoms with Crippen LogP contribution >= 0.6 is 27.3 Å². The lowest BCUT2D eigenvalue weighted by molar-refractivity contribution is -0.143. The van der Waals surface area contributed by atoms with Crippen molar-refractivity contribution in [3.8, 4) is 5.75 Å². The van der Waals surface area contributed by atoms with Gasteiger partial charge in [-0.2, -0.15) is 0 Å². The predicted molar refractivity (Wildman–Crippen MR) is 183 cm³/mol. The van der Waals surface area contributed by atoms with Crippen molar-refractivity contribution in [2.75, 3.05) is 6.61 Å². The Kier molecular flexibility index (Phi) is 8.66. The molecule has 3 heterocycles. The third-order valence-corrected chi connectivity index (χ3v) is 9.41. The van der Waals surface area contributed by atoms with Crippen LogP contribution in [0.1, 0.15) is 56.1 Å². The molecule has 0 spiro atoms. The van der Waals surface area contributed by atoms with Crippen molar-refractivity contribution >= 4 is 50.2 Å². The van der Waals surface area contributed by atoms with Gasteiger partial charge in [-0.1, -0.05) is 69.7 Å². The molecule has 0 saturated carbocycles. The van der Waals surface area contributed by atoms with E-state index < -0.39 is 12.0 Å². The van der Waals surface area contributed by atoms with E-state index in [0.29, 0.717) is 33.8 Å². The lowest BCUT2D eigenvalue weighted by Gasteiger charge is -2.25. The summed E-state index contributed by atoms with van der Waals surface area (Å²) in [6, 6.07) is 23.4. The number of carbonyl (C=O) groups is 1. The van der Waals surface area contributed by atoms with Crippen molar-refractivity contribution in [1.29, 1.82) is 0 Å². The third-order valence-electron chi connectivity index (χ3n) is 7.90. The summed E-state index contributed by atoms with van der Waals surface area (Å²) in [5.41, 5.74) is 5.79. The molecular formula is C36H34BrN3O4S. The van der Waals surface area contributed by atoms with Crippen molar-refractivity contribution in [3.05, 3.63) is 131 Å². The maximum Gasteiger partial charge on any atom is 0.338 e. The summed E-state index contributed by atoms with van der Waals surface area (Å²) in [6.07, 6.45) is 1.65. The molecule has 0 unspecified atom stereocenters. The lowest BCUT2D eigenvalue weighted by Crippen LogP contribution is -2.40. The molecular weight excluding hydrogens is 650 g/mol. The highest BCUT2D eigenvalue weighted by Crippen LogP contribution is 2.32. The smallest absolute Gasteiger partial charge is 0.338 e. The molecule has 7 nitrogen and oxygen atoms in total. The Morgan fingerprint density at radius 2 is 1.76 bits per heavy atom. The molecule has 9 heteroatoms.